The van der Waals surface area contributed by atoms with Crippen LogP contribution < -0.4 is 0 Å². The van der Waals surface area contributed by atoms with Crippen LogP contribution >= 0.6 is 23.2 Å². The molecule has 2 aromatic rings. The number of hydrogen-bond donors (Lipinski definition) is 0. The molecule has 0 aromatic heterocycles. The van der Waals surface area contributed by atoms with E-state index in [1.807, 2.05) is 0 Å². The number of halogens is 8. The Labute approximate surface area is 137 Å². The van der Waals surface area contributed by atoms with Gasteiger partial charge in [0.1, 0.15) is 0 Å². The predicted octanol–water partition coefficient (Wildman–Crippen LogP) is 6.78. The third-order valence-electron chi connectivity index (χ3n) is 3.02. The van der Waals surface area contributed by atoms with Crippen LogP contribution in [0.2, 0.25) is 10.0 Å². The summed E-state index contributed by atoms with van der Waals surface area (Å²) in [6.07, 6.45) is -10.3. The minimum atomic E-state index is -4.60. The summed E-state index contributed by atoms with van der Waals surface area (Å²) in [7, 11) is 0. The molecule has 2 aromatic carbocycles. The Balaban J connectivity index is 2.55. The molecule has 0 saturated heterocycles. The number of hydrogen-bond acceptors (Lipinski definition) is 0. The summed E-state index contributed by atoms with van der Waals surface area (Å²) >= 11 is 11.8. The number of alkyl halides is 6. The van der Waals surface area contributed by atoms with Gasteiger partial charge in [-0.25, -0.2) is 0 Å². The lowest BCUT2D eigenvalue weighted by molar-refractivity contribution is -0.137. The molecule has 2 rings (SSSR count). The van der Waals surface area contributed by atoms with Crippen LogP contribution in [0.3, 0.4) is 0 Å². The largest absolute Gasteiger partial charge is 0.416 e. The molecule has 8 heteroatoms. The first kappa shape index (κ1) is 17.9. The zero-order chi connectivity index (χ0) is 17.4. The highest BCUT2D eigenvalue weighted by atomic mass is 35.5. The first-order chi connectivity index (χ1) is 10.5. The molecule has 0 heterocycles. The van der Waals surface area contributed by atoms with Gasteiger partial charge >= 0.3 is 12.4 Å². The molecule has 0 fully saturated rings. The molecule has 124 valence electrons. The van der Waals surface area contributed by atoms with E-state index >= 15 is 0 Å². The molecule has 0 nitrogen and oxygen atoms in total. The third kappa shape index (κ3) is 4.54. The van der Waals surface area contributed by atoms with E-state index in [4.69, 9.17) is 23.2 Å². The van der Waals surface area contributed by atoms with Crippen molar-refractivity contribution in [3.63, 3.8) is 0 Å². The molecule has 0 aliphatic rings. The lowest BCUT2D eigenvalue weighted by atomic mass is 9.99. The molecule has 0 aliphatic heterocycles. The van der Waals surface area contributed by atoms with Crippen molar-refractivity contribution in [2.24, 2.45) is 0 Å². The summed E-state index contributed by atoms with van der Waals surface area (Å²) in [5.41, 5.74) is -1.14. The van der Waals surface area contributed by atoms with Crippen LogP contribution in [-0.4, -0.2) is 6.18 Å². The van der Waals surface area contributed by atoms with Gasteiger partial charge in [0, 0.05) is 21.2 Å². The summed E-state index contributed by atoms with van der Waals surface area (Å²) in [4.78, 5) is 0. The molecular formula is C15H8Cl2F6. The summed E-state index contributed by atoms with van der Waals surface area (Å²) in [5.74, 6) is 0. The highest BCUT2D eigenvalue weighted by Gasteiger charge is 2.31. The van der Waals surface area contributed by atoms with Crippen molar-refractivity contribution in [3.8, 4) is 11.1 Å². The van der Waals surface area contributed by atoms with E-state index in [9.17, 15) is 26.3 Å². The maximum Gasteiger partial charge on any atom is 0.416 e. The normalized spacial score (nSPS) is 12.5. The van der Waals surface area contributed by atoms with Crippen molar-refractivity contribution in [2.45, 2.75) is 18.8 Å². The molecule has 0 aliphatic carbocycles. The van der Waals surface area contributed by atoms with E-state index in [1.54, 1.807) is 0 Å². The van der Waals surface area contributed by atoms with Crippen molar-refractivity contribution in [3.05, 3.63) is 57.6 Å². The first-order valence-electron chi connectivity index (χ1n) is 6.20. The molecule has 23 heavy (non-hydrogen) atoms. The summed E-state index contributed by atoms with van der Waals surface area (Å²) in [6, 6.07) is 6.05. The van der Waals surface area contributed by atoms with Gasteiger partial charge in [0.2, 0.25) is 0 Å². The molecule has 0 bridgehead atoms. The van der Waals surface area contributed by atoms with Crippen LogP contribution in [0.5, 0.6) is 0 Å². The molecule has 0 N–H and O–H groups in total. The van der Waals surface area contributed by atoms with Crippen molar-refractivity contribution in [1.82, 2.24) is 0 Å². The van der Waals surface area contributed by atoms with Gasteiger partial charge in [-0.3, -0.25) is 0 Å². The SMILES string of the molecule is FC(F)(F)Cc1ccc(Cl)c(-c2cc(C(F)(F)F)ccc2Cl)c1. The van der Waals surface area contributed by atoms with Crippen LogP contribution in [0.25, 0.3) is 11.1 Å². The number of rotatable bonds is 2. The van der Waals surface area contributed by atoms with E-state index in [0.717, 1.165) is 24.3 Å². The van der Waals surface area contributed by atoms with Gasteiger partial charge in [-0.15, -0.1) is 0 Å². The van der Waals surface area contributed by atoms with Crippen molar-refractivity contribution in [1.29, 1.82) is 0 Å². The van der Waals surface area contributed by atoms with Gasteiger partial charge in [-0.1, -0.05) is 29.3 Å². The van der Waals surface area contributed by atoms with Gasteiger partial charge in [0.05, 0.1) is 12.0 Å². The van der Waals surface area contributed by atoms with Gasteiger partial charge in [-0.2, -0.15) is 26.3 Å². The smallest absolute Gasteiger partial charge is 0.171 e. The standard InChI is InChI=1S/C15H8Cl2F6/c16-12-3-1-8(7-14(18,19)20)5-10(12)11-6-9(15(21,22)23)2-4-13(11)17/h1-6H,7H2. The fourth-order valence-electron chi connectivity index (χ4n) is 2.03. The Bertz CT molecular complexity index is 719. The quantitative estimate of drug-likeness (QED) is 0.509. The van der Waals surface area contributed by atoms with E-state index in [1.165, 1.54) is 12.1 Å². The highest BCUT2D eigenvalue weighted by molar-refractivity contribution is 6.36. The number of benzene rings is 2. The fraction of sp³-hybridized carbons (Fsp3) is 0.200. The fourth-order valence-corrected chi connectivity index (χ4v) is 2.47. The second-order valence-electron chi connectivity index (χ2n) is 4.80. The van der Waals surface area contributed by atoms with Crippen LogP contribution in [0.15, 0.2) is 36.4 Å². The first-order valence-corrected chi connectivity index (χ1v) is 6.95. The zero-order valence-corrected chi connectivity index (χ0v) is 12.7. The maximum absolute atomic E-state index is 12.8. The summed E-state index contributed by atoms with van der Waals surface area (Å²) in [6.45, 7) is 0. The Kier molecular flexibility index (Phi) is 4.87. The average Bonchev–Trinajstić information content (AvgIpc) is 2.39. The second-order valence-corrected chi connectivity index (χ2v) is 5.61. The van der Waals surface area contributed by atoms with Gasteiger partial charge < -0.3 is 0 Å². The lowest BCUT2D eigenvalue weighted by Crippen LogP contribution is -2.11. The Hall–Kier alpha value is -1.40. The highest BCUT2D eigenvalue weighted by Crippen LogP contribution is 2.39. The minimum Gasteiger partial charge on any atom is -0.171 e. The molecular weight excluding hydrogens is 365 g/mol. The zero-order valence-electron chi connectivity index (χ0n) is 11.2. The Morgan fingerprint density at radius 1 is 0.739 bits per heavy atom. The molecule has 0 amide bonds. The average molecular weight is 373 g/mol. The topological polar surface area (TPSA) is 0 Å². The monoisotopic (exact) mass is 372 g/mol. The molecule has 0 radical (unpaired) electrons. The van der Waals surface area contributed by atoms with Crippen LogP contribution in [-0.2, 0) is 12.6 Å². The van der Waals surface area contributed by atoms with Crippen molar-refractivity contribution >= 4 is 23.2 Å². The van der Waals surface area contributed by atoms with Crippen molar-refractivity contribution < 1.29 is 26.3 Å². The second kappa shape index (κ2) is 6.24. The predicted molar refractivity (Wildman–Crippen MR) is 76.7 cm³/mol. The minimum absolute atomic E-state index is 0.0112. The Morgan fingerprint density at radius 2 is 1.26 bits per heavy atom. The summed E-state index contributed by atoms with van der Waals surface area (Å²) < 4.78 is 75.8. The van der Waals surface area contributed by atoms with E-state index < -0.39 is 24.3 Å². The molecule has 0 spiro atoms. The molecule has 0 atom stereocenters. The van der Waals surface area contributed by atoms with E-state index in [2.05, 4.69) is 0 Å². The lowest BCUT2D eigenvalue weighted by Gasteiger charge is -2.13. The van der Waals surface area contributed by atoms with E-state index in [-0.39, 0.29) is 26.7 Å². The van der Waals surface area contributed by atoms with Gasteiger partial charge in [0.25, 0.3) is 0 Å². The maximum atomic E-state index is 12.8. The van der Waals surface area contributed by atoms with Crippen molar-refractivity contribution in [2.75, 3.05) is 0 Å². The van der Waals surface area contributed by atoms with Gasteiger partial charge in [0.15, 0.2) is 0 Å². The molecule has 0 saturated carbocycles. The van der Waals surface area contributed by atoms with Crippen LogP contribution in [0.1, 0.15) is 11.1 Å². The molecule has 0 unspecified atom stereocenters. The Morgan fingerprint density at radius 3 is 1.78 bits per heavy atom. The van der Waals surface area contributed by atoms with E-state index in [0.29, 0.717) is 0 Å². The van der Waals surface area contributed by atoms with Crippen LogP contribution in [0, 0.1) is 0 Å². The van der Waals surface area contributed by atoms with Gasteiger partial charge in [-0.05, 0) is 35.9 Å². The van der Waals surface area contributed by atoms with Crippen LogP contribution in [0.4, 0.5) is 26.3 Å². The summed E-state index contributed by atoms with van der Waals surface area (Å²) in [5, 5.41) is -0.0267. The third-order valence-corrected chi connectivity index (χ3v) is 3.68.